The molecule has 5 nitrogen and oxygen atoms in total. The van der Waals surface area contributed by atoms with Gasteiger partial charge in [-0.25, -0.2) is 4.98 Å². The van der Waals surface area contributed by atoms with Gasteiger partial charge in [-0.3, -0.25) is 9.59 Å². The third-order valence-electron chi connectivity index (χ3n) is 3.74. The number of fused-ring (bicyclic) bond motifs is 1. The Bertz CT molecular complexity index is 725. The molecule has 6 heteroatoms. The van der Waals surface area contributed by atoms with Crippen molar-refractivity contribution in [2.75, 3.05) is 11.9 Å². The molecule has 1 aliphatic rings. The van der Waals surface area contributed by atoms with Gasteiger partial charge in [0.05, 0.1) is 12.2 Å². The van der Waals surface area contributed by atoms with Gasteiger partial charge in [0.2, 0.25) is 5.91 Å². The van der Waals surface area contributed by atoms with Crippen molar-refractivity contribution in [2.24, 2.45) is 0 Å². The molecule has 0 aliphatic heterocycles. The van der Waals surface area contributed by atoms with Gasteiger partial charge in [0, 0.05) is 10.4 Å². The lowest BCUT2D eigenvalue weighted by molar-refractivity contribution is -0.115. The Kier molecular flexibility index (Phi) is 4.43. The molecule has 1 aliphatic carbocycles. The van der Waals surface area contributed by atoms with Crippen LogP contribution in [-0.2, 0) is 17.6 Å². The van der Waals surface area contributed by atoms with E-state index in [4.69, 9.17) is 0 Å². The molecule has 120 valence electrons. The number of nitrogens with one attached hydrogen (secondary N) is 2. The van der Waals surface area contributed by atoms with Crippen LogP contribution >= 0.6 is 11.3 Å². The molecule has 0 bridgehead atoms. The van der Waals surface area contributed by atoms with Crippen LogP contribution in [0.4, 0.5) is 5.13 Å². The molecule has 3 rings (SSSR count). The molecule has 1 aromatic carbocycles. The minimum absolute atomic E-state index is 0.0595. The summed E-state index contributed by atoms with van der Waals surface area (Å²) in [5.41, 5.74) is 3.72. The lowest BCUT2D eigenvalue weighted by atomic mass is 10.1. The molecule has 0 saturated heterocycles. The van der Waals surface area contributed by atoms with Gasteiger partial charge in [-0.05, 0) is 45.2 Å². The summed E-state index contributed by atoms with van der Waals surface area (Å²) in [6, 6.07) is 5.63. The highest BCUT2D eigenvalue weighted by Gasteiger charge is 2.18. The molecular weight excluding hydrogens is 310 g/mol. The maximum atomic E-state index is 12.1. The van der Waals surface area contributed by atoms with E-state index >= 15 is 0 Å². The van der Waals surface area contributed by atoms with Gasteiger partial charge in [-0.2, -0.15) is 0 Å². The first-order chi connectivity index (χ1) is 11.0. The monoisotopic (exact) mass is 329 g/mol. The summed E-state index contributed by atoms with van der Waals surface area (Å²) in [6.45, 7) is 3.83. The Balaban J connectivity index is 1.54. The van der Waals surface area contributed by atoms with Crippen LogP contribution < -0.4 is 10.6 Å². The number of hydrogen-bond acceptors (Lipinski definition) is 4. The Hall–Kier alpha value is -2.21. The number of amides is 2. The number of rotatable bonds is 4. The topological polar surface area (TPSA) is 71.1 Å². The van der Waals surface area contributed by atoms with Gasteiger partial charge < -0.3 is 10.6 Å². The highest BCUT2D eigenvalue weighted by molar-refractivity contribution is 7.15. The van der Waals surface area contributed by atoms with Gasteiger partial charge in [0.25, 0.3) is 5.91 Å². The molecule has 2 amide bonds. The van der Waals surface area contributed by atoms with Crippen LogP contribution in [0.1, 0.15) is 38.5 Å². The number of thiazole rings is 1. The summed E-state index contributed by atoms with van der Waals surface area (Å²) >= 11 is 1.53. The van der Waals surface area contributed by atoms with E-state index in [0.717, 1.165) is 36.1 Å². The standard InChI is InChI=1S/C17H19N3O2S/c1-10-6-11(2)8-12(7-10)16(22)18-9-15(21)20-17-19-13-4-3-5-14(13)23-17/h6-8H,3-5,9H2,1-2H3,(H,18,22)(H,19,20,21). The Morgan fingerprint density at radius 1 is 1.17 bits per heavy atom. The molecule has 0 unspecified atom stereocenters. The van der Waals surface area contributed by atoms with Gasteiger partial charge >= 0.3 is 0 Å². The number of carbonyl (C=O) groups excluding carboxylic acids is 2. The molecule has 2 aromatic rings. The van der Waals surface area contributed by atoms with E-state index in [1.165, 1.54) is 16.2 Å². The third-order valence-corrected chi connectivity index (χ3v) is 4.81. The van der Waals surface area contributed by atoms with E-state index in [2.05, 4.69) is 15.6 Å². The molecular formula is C17H19N3O2S. The van der Waals surface area contributed by atoms with Crippen LogP contribution in [0.25, 0.3) is 0 Å². The fourth-order valence-electron chi connectivity index (χ4n) is 2.78. The Labute approximate surface area is 139 Å². The van der Waals surface area contributed by atoms with E-state index in [-0.39, 0.29) is 18.4 Å². The fraction of sp³-hybridized carbons (Fsp3) is 0.353. The molecule has 0 saturated carbocycles. The summed E-state index contributed by atoms with van der Waals surface area (Å²) in [7, 11) is 0. The number of aromatic nitrogens is 1. The molecule has 23 heavy (non-hydrogen) atoms. The lowest BCUT2D eigenvalue weighted by Gasteiger charge is -2.07. The van der Waals surface area contributed by atoms with Crippen LogP contribution in [0.5, 0.6) is 0 Å². The molecule has 1 heterocycles. The minimum Gasteiger partial charge on any atom is -0.343 e. The number of aryl methyl sites for hydroxylation is 4. The molecule has 1 aromatic heterocycles. The quantitative estimate of drug-likeness (QED) is 0.906. The van der Waals surface area contributed by atoms with Crippen LogP contribution in [0, 0.1) is 13.8 Å². The van der Waals surface area contributed by atoms with Crippen molar-refractivity contribution in [1.82, 2.24) is 10.3 Å². The first kappa shape index (κ1) is 15.7. The van der Waals surface area contributed by atoms with Crippen LogP contribution in [0.3, 0.4) is 0 Å². The van der Waals surface area contributed by atoms with Crippen molar-refractivity contribution in [3.8, 4) is 0 Å². The minimum atomic E-state index is -0.254. The van der Waals surface area contributed by atoms with Crippen molar-refractivity contribution < 1.29 is 9.59 Å². The second-order valence-corrected chi connectivity index (χ2v) is 6.93. The van der Waals surface area contributed by atoms with Crippen molar-refractivity contribution in [1.29, 1.82) is 0 Å². The molecule has 0 atom stereocenters. The summed E-state index contributed by atoms with van der Waals surface area (Å²) in [4.78, 5) is 29.7. The van der Waals surface area contributed by atoms with E-state index in [9.17, 15) is 9.59 Å². The van der Waals surface area contributed by atoms with Gasteiger partial charge in [-0.15, -0.1) is 11.3 Å². The van der Waals surface area contributed by atoms with E-state index < -0.39 is 0 Å². The summed E-state index contributed by atoms with van der Waals surface area (Å²) in [6.07, 6.45) is 3.19. The van der Waals surface area contributed by atoms with Crippen LogP contribution in [0.15, 0.2) is 18.2 Å². The first-order valence-electron chi connectivity index (χ1n) is 7.66. The van der Waals surface area contributed by atoms with Crippen molar-refractivity contribution in [3.63, 3.8) is 0 Å². The first-order valence-corrected chi connectivity index (χ1v) is 8.48. The van der Waals surface area contributed by atoms with E-state index in [1.54, 1.807) is 0 Å². The van der Waals surface area contributed by atoms with Gasteiger partial charge in [-0.1, -0.05) is 17.2 Å². The molecule has 2 N–H and O–H groups in total. The number of hydrogen-bond donors (Lipinski definition) is 2. The average Bonchev–Trinajstić information content (AvgIpc) is 3.04. The fourth-order valence-corrected chi connectivity index (χ4v) is 3.84. The zero-order valence-electron chi connectivity index (χ0n) is 13.2. The average molecular weight is 329 g/mol. The predicted octanol–water partition coefficient (Wildman–Crippen LogP) is 2.62. The number of benzene rings is 1. The Morgan fingerprint density at radius 3 is 2.61 bits per heavy atom. The second-order valence-electron chi connectivity index (χ2n) is 5.85. The zero-order chi connectivity index (χ0) is 16.4. The summed E-state index contributed by atoms with van der Waals surface area (Å²) < 4.78 is 0. The highest BCUT2D eigenvalue weighted by Crippen LogP contribution is 2.30. The van der Waals surface area contributed by atoms with Gasteiger partial charge in [0.15, 0.2) is 5.13 Å². The van der Waals surface area contributed by atoms with Crippen molar-refractivity contribution in [2.45, 2.75) is 33.1 Å². The molecule has 0 fully saturated rings. The molecule has 0 spiro atoms. The van der Waals surface area contributed by atoms with Crippen LogP contribution in [-0.4, -0.2) is 23.3 Å². The van der Waals surface area contributed by atoms with Crippen molar-refractivity contribution >= 4 is 28.3 Å². The summed E-state index contributed by atoms with van der Waals surface area (Å²) in [5, 5.41) is 6.03. The number of anilines is 1. The molecule has 0 radical (unpaired) electrons. The zero-order valence-corrected chi connectivity index (χ0v) is 14.0. The van der Waals surface area contributed by atoms with Crippen molar-refractivity contribution in [3.05, 3.63) is 45.5 Å². The highest BCUT2D eigenvalue weighted by atomic mass is 32.1. The van der Waals surface area contributed by atoms with E-state index in [1.807, 2.05) is 32.0 Å². The number of nitrogens with zero attached hydrogens (tertiary/aromatic N) is 1. The predicted molar refractivity (Wildman–Crippen MR) is 91.0 cm³/mol. The largest absolute Gasteiger partial charge is 0.343 e. The maximum absolute atomic E-state index is 12.1. The van der Waals surface area contributed by atoms with Gasteiger partial charge in [0.1, 0.15) is 0 Å². The number of carbonyl (C=O) groups is 2. The normalized spacial score (nSPS) is 12.8. The second kappa shape index (κ2) is 6.50. The lowest BCUT2D eigenvalue weighted by Crippen LogP contribution is -2.32. The third kappa shape index (κ3) is 3.76. The maximum Gasteiger partial charge on any atom is 0.251 e. The van der Waals surface area contributed by atoms with Crippen LogP contribution in [0.2, 0.25) is 0 Å². The van der Waals surface area contributed by atoms with E-state index in [0.29, 0.717) is 10.7 Å². The SMILES string of the molecule is Cc1cc(C)cc(C(=O)NCC(=O)Nc2nc3c(s2)CCC3)c1. The summed E-state index contributed by atoms with van der Waals surface area (Å²) in [5.74, 6) is -0.497. The smallest absolute Gasteiger partial charge is 0.251 e. The Morgan fingerprint density at radius 2 is 1.91 bits per heavy atom.